The SMILES string of the molecule is Cc1ccc(C2(O)[C@@H]3CCC[C@@H]2CN(Cc2cccc(F)c2F)C3)nc1. The average Bonchev–Trinajstić information content (AvgIpc) is 2.60. The number of nitrogens with zero attached hydrogens (tertiary/aromatic N) is 2. The lowest BCUT2D eigenvalue weighted by Gasteiger charge is -2.52. The van der Waals surface area contributed by atoms with E-state index in [-0.39, 0.29) is 11.8 Å². The highest BCUT2D eigenvalue weighted by Crippen LogP contribution is 2.48. The van der Waals surface area contributed by atoms with E-state index in [4.69, 9.17) is 0 Å². The number of aryl methyl sites for hydroxylation is 1. The maximum atomic E-state index is 14.0. The lowest BCUT2D eigenvalue weighted by atomic mass is 9.64. The summed E-state index contributed by atoms with van der Waals surface area (Å²) < 4.78 is 27.5. The molecule has 1 N–H and O–H groups in total. The average molecular weight is 358 g/mol. The highest BCUT2D eigenvalue weighted by Gasteiger charge is 2.52. The molecule has 138 valence electrons. The Bertz CT molecular complexity index is 779. The van der Waals surface area contributed by atoms with E-state index in [0.29, 0.717) is 25.2 Å². The monoisotopic (exact) mass is 358 g/mol. The van der Waals surface area contributed by atoms with Crippen molar-refractivity contribution in [2.45, 2.75) is 38.3 Å². The van der Waals surface area contributed by atoms with E-state index < -0.39 is 17.2 Å². The highest BCUT2D eigenvalue weighted by molar-refractivity contribution is 5.23. The molecular formula is C21H24F2N2O. The number of rotatable bonds is 3. The van der Waals surface area contributed by atoms with Gasteiger partial charge in [-0.05, 0) is 37.5 Å². The second-order valence-electron chi connectivity index (χ2n) is 7.78. The molecule has 0 spiro atoms. The van der Waals surface area contributed by atoms with E-state index in [1.165, 1.54) is 0 Å². The van der Waals surface area contributed by atoms with Crippen LogP contribution in [0.25, 0.3) is 0 Å². The van der Waals surface area contributed by atoms with Gasteiger partial charge in [-0.1, -0.05) is 24.6 Å². The standard InChI is InChI=1S/C21H24F2N2O/c1-14-8-9-19(24-10-14)21(26)16-5-3-6-17(21)13-25(12-16)11-15-4-2-7-18(22)20(15)23/h2,4,7-10,16-17,26H,3,5-6,11-13H2,1H3/t16-,17-/m1/s1. The first-order valence-corrected chi connectivity index (χ1v) is 9.29. The van der Waals surface area contributed by atoms with Crippen LogP contribution < -0.4 is 0 Å². The van der Waals surface area contributed by atoms with Gasteiger partial charge in [-0.25, -0.2) is 8.78 Å². The largest absolute Gasteiger partial charge is 0.383 e. The minimum Gasteiger partial charge on any atom is -0.383 e. The highest BCUT2D eigenvalue weighted by atomic mass is 19.2. The number of hydrogen-bond acceptors (Lipinski definition) is 3. The first-order chi connectivity index (χ1) is 12.5. The zero-order chi connectivity index (χ0) is 18.3. The molecule has 1 aromatic heterocycles. The number of halogens is 2. The molecule has 26 heavy (non-hydrogen) atoms. The summed E-state index contributed by atoms with van der Waals surface area (Å²) in [5.74, 6) is -1.46. The molecule has 0 unspecified atom stereocenters. The van der Waals surface area contributed by atoms with Gasteiger partial charge in [-0.3, -0.25) is 9.88 Å². The first-order valence-electron chi connectivity index (χ1n) is 9.29. The molecule has 0 radical (unpaired) electrons. The Labute approximate surface area is 152 Å². The van der Waals surface area contributed by atoms with Crippen molar-refractivity contribution in [3.63, 3.8) is 0 Å². The summed E-state index contributed by atoms with van der Waals surface area (Å²) >= 11 is 0. The van der Waals surface area contributed by atoms with E-state index >= 15 is 0 Å². The molecule has 1 saturated heterocycles. The molecule has 1 saturated carbocycles. The van der Waals surface area contributed by atoms with Crippen molar-refractivity contribution >= 4 is 0 Å². The van der Waals surface area contributed by atoms with Gasteiger partial charge in [0.05, 0.1) is 5.69 Å². The fourth-order valence-electron chi connectivity index (χ4n) is 4.71. The summed E-state index contributed by atoms with van der Waals surface area (Å²) in [5.41, 5.74) is 1.26. The molecule has 1 aromatic carbocycles. The number of hydrogen-bond donors (Lipinski definition) is 1. The van der Waals surface area contributed by atoms with Crippen molar-refractivity contribution in [3.05, 3.63) is 65.0 Å². The molecule has 2 bridgehead atoms. The zero-order valence-electron chi connectivity index (χ0n) is 15.0. The van der Waals surface area contributed by atoms with Crippen LogP contribution in [0.15, 0.2) is 36.5 Å². The number of benzene rings is 1. The Morgan fingerprint density at radius 2 is 1.88 bits per heavy atom. The van der Waals surface area contributed by atoms with Gasteiger partial charge in [0.2, 0.25) is 0 Å². The van der Waals surface area contributed by atoms with E-state index in [9.17, 15) is 13.9 Å². The smallest absolute Gasteiger partial charge is 0.163 e. The van der Waals surface area contributed by atoms with Crippen molar-refractivity contribution in [3.8, 4) is 0 Å². The van der Waals surface area contributed by atoms with Gasteiger partial charge in [-0.15, -0.1) is 0 Å². The summed E-state index contributed by atoms with van der Waals surface area (Å²) in [4.78, 5) is 6.66. The second-order valence-corrected chi connectivity index (χ2v) is 7.78. The van der Waals surface area contributed by atoms with Crippen molar-refractivity contribution in [1.82, 2.24) is 9.88 Å². The summed E-state index contributed by atoms with van der Waals surface area (Å²) in [7, 11) is 0. The number of piperidine rings is 1. The molecule has 5 heteroatoms. The van der Waals surface area contributed by atoms with E-state index in [2.05, 4.69) is 9.88 Å². The van der Waals surface area contributed by atoms with Crippen LogP contribution in [0.2, 0.25) is 0 Å². The Hall–Kier alpha value is -1.85. The van der Waals surface area contributed by atoms with Crippen LogP contribution in [-0.4, -0.2) is 28.1 Å². The van der Waals surface area contributed by atoms with Gasteiger partial charge in [0.25, 0.3) is 0 Å². The van der Waals surface area contributed by atoms with E-state index in [1.54, 1.807) is 18.3 Å². The topological polar surface area (TPSA) is 36.4 Å². The first kappa shape index (κ1) is 17.6. The van der Waals surface area contributed by atoms with Crippen LogP contribution in [0.4, 0.5) is 8.78 Å². The van der Waals surface area contributed by atoms with Crippen LogP contribution in [-0.2, 0) is 12.1 Å². The van der Waals surface area contributed by atoms with Crippen molar-refractivity contribution < 1.29 is 13.9 Å². The Morgan fingerprint density at radius 3 is 2.54 bits per heavy atom. The molecule has 2 atom stereocenters. The van der Waals surface area contributed by atoms with Crippen LogP contribution >= 0.6 is 0 Å². The summed E-state index contributed by atoms with van der Waals surface area (Å²) in [6, 6.07) is 8.25. The molecule has 2 aliphatic rings. The third kappa shape index (κ3) is 2.93. The van der Waals surface area contributed by atoms with Crippen LogP contribution in [0.3, 0.4) is 0 Å². The molecule has 2 fully saturated rings. The number of likely N-dealkylation sites (tertiary alicyclic amines) is 1. The maximum Gasteiger partial charge on any atom is 0.163 e. The number of pyridine rings is 1. The Balaban J connectivity index is 1.58. The van der Waals surface area contributed by atoms with Crippen molar-refractivity contribution in [2.75, 3.05) is 13.1 Å². The number of fused-ring (bicyclic) bond motifs is 2. The lowest BCUT2D eigenvalue weighted by molar-refractivity contribution is -0.151. The number of aromatic nitrogens is 1. The van der Waals surface area contributed by atoms with E-state index in [0.717, 1.165) is 36.6 Å². The van der Waals surface area contributed by atoms with Gasteiger partial charge in [0.1, 0.15) is 5.60 Å². The molecule has 1 aliphatic carbocycles. The fraction of sp³-hybridized carbons (Fsp3) is 0.476. The van der Waals surface area contributed by atoms with Crippen molar-refractivity contribution in [1.29, 1.82) is 0 Å². The molecule has 2 heterocycles. The Morgan fingerprint density at radius 1 is 1.15 bits per heavy atom. The third-order valence-electron chi connectivity index (χ3n) is 6.05. The maximum absolute atomic E-state index is 14.0. The molecule has 1 aliphatic heterocycles. The minimum atomic E-state index is -0.928. The van der Waals surface area contributed by atoms with Gasteiger partial charge < -0.3 is 5.11 Å². The molecular weight excluding hydrogens is 334 g/mol. The summed E-state index contributed by atoms with van der Waals surface area (Å²) in [5, 5.41) is 11.6. The van der Waals surface area contributed by atoms with Crippen LogP contribution in [0.5, 0.6) is 0 Å². The second kappa shape index (κ2) is 6.71. The zero-order valence-corrected chi connectivity index (χ0v) is 15.0. The molecule has 3 nitrogen and oxygen atoms in total. The molecule has 2 aromatic rings. The summed E-state index contributed by atoms with van der Waals surface area (Å²) in [6.07, 6.45) is 4.73. The number of aliphatic hydroxyl groups is 1. The fourth-order valence-corrected chi connectivity index (χ4v) is 4.71. The normalized spacial score (nSPS) is 28.9. The molecule has 4 rings (SSSR count). The summed E-state index contributed by atoms with van der Waals surface area (Å²) in [6.45, 7) is 3.68. The predicted molar refractivity (Wildman–Crippen MR) is 95.3 cm³/mol. The quantitative estimate of drug-likeness (QED) is 0.907. The van der Waals surface area contributed by atoms with Gasteiger partial charge in [0.15, 0.2) is 11.6 Å². The third-order valence-corrected chi connectivity index (χ3v) is 6.05. The molecule has 0 amide bonds. The minimum absolute atomic E-state index is 0.0572. The van der Waals surface area contributed by atoms with Crippen molar-refractivity contribution in [2.24, 2.45) is 11.8 Å². The van der Waals surface area contributed by atoms with Gasteiger partial charge in [0, 0.05) is 43.2 Å². The van der Waals surface area contributed by atoms with Gasteiger partial charge >= 0.3 is 0 Å². The van der Waals surface area contributed by atoms with Gasteiger partial charge in [-0.2, -0.15) is 0 Å². The van der Waals surface area contributed by atoms with E-state index in [1.807, 2.05) is 19.1 Å². The lowest BCUT2D eigenvalue weighted by Crippen LogP contribution is -2.58. The Kier molecular flexibility index (Phi) is 4.53. The predicted octanol–water partition coefficient (Wildman–Crippen LogP) is 3.79. The van der Waals surface area contributed by atoms with Crippen LogP contribution in [0, 0.1) is 30.4 Å². The van der Waals surface area contributed by atoms with Crippen LogP contribution in [0.1, 0.15) is 36.1 Å².